The minimum Gasteiger partial charge on any atom is -0.489 e. The van der Waals surface area contributed by atoms with Crippen LogP contribution in [0.3, 0.4) is 0 Å². The first kappa shape index (κ1) is 29.2. The normalized spacial score (nSPS) is 15.6. The lowest BCUT2D eigenvalue weighted by Gasteiger charge is -2.30. The van der Waals surface area contributed by atoms with Crippen LogP contribution in [0.25, 0.3) is 0 Å². The smallest absolute Gasteiger partial charge is 0.489 e. The largest absolute Gasteiger partial charge is 0.528 e. The molecule has 1 fully saturated rings. The summed E-state index contributed by atoms with van der Waals surface area (Å²) >= 11 is 0. The van der Waals surface area contributed by atoms with E-state index in [1.807, 2.05) is 13.0 Å². The molecular weight excluding hydrogens is 516 g/mol. The summed E-state index contributed by atoms with van der Waals surface area (Å²) in [6.07, 6.45) is 2.69. The van der Waals surface area contributed by atoms with Crippen molar-refractivity contribution >= 4 is 33.3 Å². The third-order valence-electron chi connectivity index (χ3n) is 5.83. The van der Waals surface area contributed by atoms with Crippen LogP contribution in [0.15, 0.2) is 18.5 Å². The molecule has 3 heterocycles. The number of anilines is 3. The Bertz CT molecular complexity index is 1200. The molecule has 1 atom stereocenters. The van der Waals surface area contributed by atoms with Gasteiger partial charge in [-0.05, 0) is 39.8 Å². The van der Waals surface area contributed by atoms with Gasteiger partial charge >= 0.3 is 6.16 Å². The number of aromatic nitrogens is 3. The number of hydrogen-bond acceptors (Lipinski definition) is 13. The van der Waals surface area contributed by atoms with E-state index in [1.165, 1.54) is 19.7 Å². The number of piperidine rings is 1. The third-order valence-corrected chi connectivity index (χ3v) is 7.46. The van der Waals surface area contributed by atoms with Crippen molar-refractivity contribution in [1.82, 2.24) is 20.0 Å². The Morgan fingerprint density at radius 2 is 1.89 bits per heavy atom. The minimum absolute atomic E-state index is 0.157. The first-order valence-corrected chi connectivity index (χ1v) is 14.3. The van der Waals surface area contributed by atoms with Gasteiger partial charge in [0.2, 0.25) is 5.75 Å². The number of nitrogens with one attached hydrogen (secondary N) is 2. The van der Waals surface area contributed by atoms with Gasteiger partial charge in [-0.2, -0.15) is 4.98 Å². The number of carbonyl (C=O) groups excluding carboxylic acids is 1. The summed E-state index contributed by atoms with van der Waals surface area (Å²) in [6.45, 7) is 8.23. The van der Waals surface area contributed by atoms with Crippen molar-refractivity contribution < 1.29 is 32.3 Å². The van der Waals surface area contributed by atoms with Crippen molar-refractivity contribution in [3.8, 4) is 11.6 Å². The fourth-order valence-corrected chi connectivity index (χ4v) is 3.94. The van der Waals surface area contributed by atoms with Crippen LogP contribution in [-0.4, -0.2) is 85.0 Å². The molecule has 2 aromatic rings. The van der Waals surface area contributed by atoms with Crippen LogP contribution in [0.2, 0.25) is 0 Å². The van der Waals surface area contributed by atoms with Crippen LogP contribution < -0.4 is 20.1 Å². The number of nitrogens with zero attached hydrogens (tertiary/aromatic N) is 4. The molecule has 0 aromatic carbocycles. The highest BCUT2D eigenvalue weighted by molar-refractivity contribution is 7.91. The maximum Gasteiger partial charge on any atom is 0.528 e. The van der Waals surface area contributed by atoms with E-state index in [0.717, 1.165) is 0 Å². The second kappa shape index (κ2) is 12.9. The second-order valence-electron chi connectivity index (χ2n) is 9.29. The molecule has 0 amide bonds. The molecule has 2 aromatic heterocycles. The first-order valence-electron chi connectivity index (χ1n) is 12.3. The Morgan fingerprint density at radius 1 is 1.18 bits per heavy atom. The maximum atomic E-state index is 11.7. The summed E-state index contributed by atoms with van der Waals surface area (Å²) in [7, 11) is -1.63. The number of hydrogen-bond donors (Lipinski definition) is 2. The summed E-state index contributed by atoms with van der Waals surface area (Å²) in [5.74, 6) is 1.61. The standard InChI is InChI=1S/C24H36N6O7S/c1-15(2)35-24(31)37-30-11-9-18(10-12-30)36-23-21(34-5)22(26-14-27-23)29-19-7-8-20(28-17(19)4)25-13-16(3)38(6,32)33/h7-8,14-16,18H,9-13H2,1-6H3,(H,25,28)(H,26,27,29). The molecule has 0 aliphatic carbocycles. The molecule has 1 unspecified atom stereocenters. The summed E-state index contributed by atoms with van der Waals surface area (Å²) < 4.78 is 40.0. The number of sulfone groups is 1. The van der Waals surface area contributed by atoms with Crippen molar-refractivity contribution in [2.24, 2.45) is 0 Å². The highest BCUT2D eigenvalue weighted by atomic mass is 32.2. The van der Waals surface area contributed by atoms with Gasteiger partial charge in [-0.15, -0.1) is 5.06 Å². The summed E-state index contributed by atoms with van der Waals surface area (Å²) in [6, 6.07) is 3.57. The molecule has 1 saturated heterocycles. The van der Waals surface area contributed by atoms with Crippen molar-refractivity contribution in [1.29, 1.82) is 0 Å². The number of ether oxygens (including phenoxy) is 3. The molecule has 2 N–H and O–H groups in total. The first-order chi connectivity index (χ1) is 18.0. The highest BCUT2D eigenvalue weighted by Crippen LogP contribution is 2.35. The maximum absolute atomic E-state index is 11.7. The lowest BCUT2D eigenvalue weighted by molar-refractivity contribution is -0.151. The summed E-state index contributed by atoms with van der Waals surface area (Å²) in [5.41, 5.74) is 1.36. The molecule has 210 valence electrons. The molecule has 0 radical (unpaired) electrons. The predicted molar refractivity (Wildman–Crippen MR) is 142 cm³/mol. The SMILES string of the molecule is COc1c(Nc2ccc(NCC(C)S(C)(=O)=O)nc2C)ncnc1OC1CCN(OC(=O)OC(C)C)CC1. The Balaban J connectivity index is 1.61. The molecule has 1 aliphatic heterocycles. The summed E-state index contributed by atoms with van der Waals surface area (Å²) in [5, 5.41) is 7.29. The van der Waals surface area contributed by atoms with Gasteiger partial charge in [-0.3, -0.25) is 0 Å². The Hall–Kier alpha value is -3.39. The molecule has 14 heteroatoms. The number of rotatable bonds is 11. The average Bonchev–Trinajstić information content (AvgIpc) is 2.84. The number of methoxy groups -OCH3 is 1. The number of hydroxylamine groups is 2. The zero-order chi connectivity index (χ0) is 27.9. The molecule has 0 bridgehead atoms. The van der Waals surface area contributed by atoms with Gasteiger partial charge in [0.25, 0.3) is 5.88 Å². The highest BCUT2D eigenvalue weighted by Gasteiger charge is 2.26. The van der Waals surface area contributed by atoms with E-state index in [1.54, 1.807) is 31.9 Å². The van der Waals surface area contributed by atoms with Gasteiger partial charge in [0.15, 0.2) is 15.7 Å². The van der Waals surface area contributed by atoms with E-state index in [-0.39, 0.29) is 18.8 Å². The number of pyridine rings is 1. The Labute approximate surface area is 223 Å². The monoisotopic (exact) mass is 552 g/mol. The molecule has 3 rings (SSSR count). The molecular formula is C24H36N6O7S. The molecule has 13 nitrogen and oxygen atoms in total. The van der Waals surface area contributed by atoms with Crippen molar-refractivity contribution in [2.45, 2.75) is 58.0 Å². The Morgan fingerprint density at radius 3 is 2.50 bits per heavy atom. The van der Waals surface area contributed by atoms with Crippen LogP contribution in [-0.2, 0) is 19.4 Å². The average molecular weight is 553 g/mol. The molecule has 38 heavy (non-hydrogen) atoms. The van der Waals surface area contributed by atoms with E-state index in [0.29, 0.717) is 60.6 Å². The van der Waals surface area contributed by atoms with Gasteiger partial charge in [0.05, 0.1) is 29.8 Å². The second-order valence-corrected chi connectivity index (χ2v) is 11.8. The summed E-state index contributed by atoms with van der Waals surface area (Å²) in [4.78, 5) is 30.0. The van der Waals surface area contributed by atoms with Crippen LogP contribution in [0.4, 0.5) is 22.1 Å². The van der Waals surface area contributed by atoms with E-state index in [9.17, 15) is 13.2 Å². The van der Waals surface area contributed by atoms with Gasteiger partial charge in [0.1, 0.15) is 18.2 Å². The molecule has 0 saturated carbocycles. The van der Waals surface area contributed by atoms with Crippen molar-refractivity contribution in [3.05, 3.63) is 24.2 Å². The zero-order valence-electron chi connectivity index (χ0n) is 22.6. The topological polar surface area (TPSA) is 154 Å². The predicted octanol–water partition coefficient (Wildman–Crippen LogP) is 3.10. The van der Waals surface area contributed by atoms with Crippen molar-refractivity contribution in [3.63, 3.8) is 0 Å². The lowest BCUT2D eigenvalue weighted by atomic mass is 10.1. The fourth-order valence-electron chi connectivity index (χ4n) is 3.55. The van der Waals surface area contributed by atoms with E-state index in [4.69, 9.17) is 19.0 Å². The number of aryl methyl sites for hydroxylation is 1. The zero-order valence-corrected chi connectivity index (χ0v) is 23.4. The molecule has 0 spiro atoms. The Kier molecular flexibility index (Phi) is 9.91. The number of carbonyl (C=O) groups is 1. The van der Waals surface area contributed by atoms with Crippen LogP contribution >= 0.6 is 0 Å². The van der Waals surface area contributed by atoms with Gasteiger partial charge < -0.3 is 29.7 Å². The van der Waals surface area contributed by atoms with E-state index in [2.05, 4.69) is 25.6 Å². The van der Waals surface area contributed by atoms with Crippen LogP contribution in [0.1, 0.15) is 39.3 Å². The van der Waals surface area contributed by atoms with E-state index < -0.39 is 21.2 Å². The quantitative estimate of drug-likeness (QED) is 0.393. The van der Waals surface area contributed by atoms with E-state index >= 15 is 0 Å². The van der Waals surface area contributed by atoms with Gasteiger partial charge in [0, 0.05) is 38.7 Å². The van der Waals surface area contributed by atoms with Crippen molar-refractivity contribution in [2.75, 3.05) is 43.6 Å². The fraction of sp³-hybridized carbons (Fsp3) is 0.583. The van der Waals surface area contributed by atoms with Crippen LogP contribution in [0, 0.1) is 6.92 Å². The van der Waals surface area contributed by atoms with Gasteiger partial charge in [-0.25, -0.2) is 23.2 Å². The van der Waals surface area contributed by atoms with Crippen LogP contribution in [0.5, 0.6) is 11.6 Å². The van der Waals surface area contributed by atoms with Gasteiger partial charge in [-0.1, -0.05) is 0 Å². The third kappa shape index (κ3) is 8.31. The minimum atomic E-state index is -3.14. The molecule has 1 aliphatic rings. The lowest BCUT2D eigenvalue weighted by Crippen LogP contribution is -2.40.